The Morgan fingerprint density at radius 2 is 2.06 bits per heavy atom. The summed E-state index contributed by atoms with van der Waals surface area (Å²) in [6.07, 6.45) is 8.29. The first-order valence-electron chi connectivity index (χ1n) is 7.34. The number of hydrogen-bond acceptors (Lipinski definition) is 2. The minimum atomic E-state index is 0.377. The molecule has 2 nitrogen and oxygen atoms in total. The van der Waals surface area contributed by atoms with E-state index in [9.17, 15) is 0 Å². The van der Waals surface area contributed by atoms with Gasteiger partial charge in [-0.2, -0.15) is 0 Å². The van der Waals surface area contributed by atoms with Gasteiger partial charge in [-0.3, -0.25) is 0 Å². The van der Waals surface area contributed by atoms with Crippen LogP contribution in [0.4, 0.5) is 0 Å². The zero-order chi connectivity index (χ0) is 12.7. The van der Waals surface area contributed by atoms with Crippen LogP contribution < -0.4 is 5.32 Å². The molecule has 0 spiro atoms. The zero-order valence-electron chi connectivity index (χ0n) is 12.2. The molecule has 0 amide bonds. The van der Waals surface area contributed by atoms with Crippen molar-refractivity contribution >= 4 is 0 Å². The monoisotopic (exact) mass is 241 g/mol. The Hall–Kier alpha value is -0.0800. The molecule has 0 heterocycles. The first-order chi connectivity index (χ1) is 7.99. The molecular weight excluding hydrogens is 210 g/mol. The van der Waals surface area contributed by atoms with Gasteiger partial charge >= 0.3 is 0 Å². The van der Waals surface area contributed by atoms with Crippen molar-refractivity contribution in [3.8, 4) is 0 Å². The molecule has 1 aliphatic rings. The van der Waals surface area contributed by atoms with Crippen LogP contribution in [0.2, 0.25) is 0 Å². The molecule has 102 valence electrons. The third-order valence-corrected chi connectivity index (χ3v) is 3.66. The molecule has 0 aliphatic heterocycles. The molecule has 1 N–H and O–H groups in total. The van der Waals surface area contributed by atoms with Crippen LogP contribution in [-0.4, -0.2) is 25.3 Å². The van der Waals surface area contributed by atoms with E-state index in [1.807, 2.05) is 0 Å². The summed E-state index contributed by atoms with van der Waals surface area (Å²) < 4.78 is 5.54. The SMILES string of the molecule is CC(C)OCCCCNC1CCCC(C)(C)C1. The van der Waals surface area contributed by atoms with Crippen LogP contribution in [0.15, 0.2) is 0 Å². The van der Waals surface area contributed by atoms with E-state index < -0.39 is 0 Å². The van der Waals surface area contributed by atoms with Gasteiger partial charge in [-0.15, -0.1) is 0 Å². The first kappa shape index (κ1) is 15.0. The van der Waals surface area contributed by atoms with Crippen LogP contribution in [0.25, 0.3) is 0 Å². The fraction of sp³-hybridized carbons (Fsp3) is 1.00. The highest BCUT2D eigenvalue weighted by Gasteiger charge is 2.27. The predicted molar refractivity (Wildman–Crippen MR) is 74.4 cm³/mol. The van der Waals surface area contributed by atoms with E-state index in [2.05, 4.69) is 33.0 Å². The fourth-order valence-electron chi connectivity index (χ4n) is 2.72. The number of unbranched alkanes of at least 4 members (excludes halogenated alkanes) is 1. The Morgan fingerprint density at radius 1 is 1.29 bits per heavy atom. The summed E-state index contributed by atoms with van der Waals surface area (Å²) in [4.78, 5) is 0. The molecule has 0 aromatic rings. The van der Waals surface area contributed by atoms with Crippen LogP contribution in [0.1, 0.15) is 66.2 Å². The molecule has 1 fully saturated rings. The van der Waals surface area contributed by atoms with E-state index in [-0.39, 0.29) is 0 Å². The van der Waals surface area contributed by atoms with Gasteiger partial charge in [0.2, 0.25) is 0 Å². The van der Waals surface area contributed by atoms with Crippen LogP contribution >= 0.6 is 0 Å². The van der Waals surface area contributed by atoms with E-state index >= 15 is 0 Å². The molecule has 1 unspecified atom stereocenters. The maximum atomic E-state index is 5.54. The Bertz CT molecular complexity index is 201. The minimum absolute atomic E-state index is 0.377. The van der Waals surface area contributed by atoms with Gasteiger partial charge in [-0.1, -0.05) is 20.3 Å². The van der Waals surface area contributed by atoms with Crippen molar-refractivity contribution in [1.29, 1.82) is 0 Å². The first-order valence-corrected chi connectivity index (χ1v) is 7.34. The average molecular weight is 241 g/mol. The van der Waals surface area contributed by atoms with Crippen molar-refractivity contribution in [2.24, 2.45) is 5.41 Å². The van der Waals surface area contributed by atoms with E-state index in [1.165, 1.54) is 38.5 Å². The number of rotatable bonds is 7. The van der Waals surface area contributed by atoms with Gasteiger partial charge in [0.1, 0.15) is 0 Å². The number of ether oxygens (including phenoxy) is 1. The third kappa shape index (κ3) is 7.05. The van der Waals surface area contributed by atoms with Crippen molar-refractivity contribution in [3.05, 3.63) is 0 Å². The van der Waals surface area contributed by atoms with Crippen molar-refractivity contribution in [1.82, 2.24) is 5.32 Å². The van der Waals surface area contributed by atoms with E-state index in [0.29, 0.717) is 11.5 Å². The second kappa shape index (κ2) is 7.38. The van der Waals surface area contributed by atoms with Crippen molar-refractivity contribution in [3.63, 3.8) is 0 Å². The largest absolute Gasteiger partial charge is 0.379 e. The maximum Gasteiger partial charge on any atom is 0.0518 e. The van der Waals surface area contributed by atoms with Gasteiger partial charge in [-0.25, -0.2) is 0 Å². The van der Waals surface area contributed by atoms with Gasteiger partial charge < -0.3 is 10.1 Å². The summed E-state index contributed by atoms with van der Waals surface area (Å²) in [5.41, 5.74) is 0.552. The van der Waals surface area contributed by atoms with Gasteiger partial charge in [0.25, 0.3) is 0 Å². The Labute approximate surface area is 108 Å². The Kier molecular flexibility index (Phi) is 6.50. The quantitative estimate of drug-likeness (QED) is 0.685. The van der Waals surface area contributed by atoms with Crippen molar-refractivity contribution in [2.75, 3.05) is 13.2 Å². The normalized spacial score (nSPS) is 24.2. The summed E-state index contributed by atoms with van der Waals surface area (Å²) in [7, 11) is 0. The molecular formula is C15H31NO. The predicted octanol–water partition coefficient (Wildman–Crippen LogP) is 3.75. The summed E-state index contributed by atoms with van der Waals surface area (Å²) in [6, 6.07) is 0.754. The van der Waals surface area contributed by atoms with Crippen LogP contribution in [-0.2, 0) is 4.74 Å². The summed E-state index contributed by atoms with van der Waals surface area (Å²) in [5.74, 6) is 0. The number of hydrogen-bond donors (Lipinski definition) is 1. The maximum absolute atomic E-state index is 5.54. The molecule has 0 bridgehead atoms. The molecule has 2 heteroatoms. The van der Waals surface area contributed by atoms with Gasteiger partial charge in [0, 0.05) is 12.6 Å². The minimum Gasteiger partial charge on any atom is -0.379 e. The van der Waals surface area contributed by atoms with Gasteiger partial charge in [0.15, 0.2) is 0 Å². The van der Waals surface area contributed by atoms with E-state index in [0.717, 1.165) is 19.2 Å². The molecule has 0 saturated heterocycles. The Balaban J connectivity index is 1.99. The average Bonchev–Trinajstić information content (AvgIpc) is 2.21. The smallest absolute Gasteiger partial charge is 0.0518 e. The molecule has 1 aliphatic carbocycles. The number of nitrogens with one attached hydrogen (secondary N) is 1. The summed E-state index contributed by atoms with van der Waals surface area (Å²) in [5, 5.41) is 3.71. The second-order valence-corrected chi connectivity index (χ2v) is 6.54. The highest BCUT2D eigenvalue weighted by Crippen LogP contribution is 2.34. The molecule has 1 saturated carbocycles. The second-order valence-electron chi connectivity index (χ2n) is 6.54. The standard InChI is InChI=1S/C15H31NO/c1-13(2)17-11-6-5-10-16-14-8-7-9-15(3,4)12-14/h13-14,16H,5-12H2,1-4H3. The molecule has 0 aromatic carbocycles. The van der Waals surface area contributed by atoms with Crippen LogP contribution in [0.3, 0.4) is 0 Å². The summed E-state index contributed by atoms with van der Waals surface area (Å²) >= 11 is 0. The molecule has 17 heavy (non-hydrogen) atoms. The highest BCUT2D eigenvalue weighted by atomic mass is 16.5. The topological polar surface area (TPSA) is 21.3 Å². The lowest BCUT2D eigenvalue weighted by atomic mass is 9.75. The lowest BCUT2D eigenvalue weighted by molar-refractivity contribution is 0.0757. The van der Waals surface area contributed by atoms with Gasteiger partial charge in [-0.05, 0) is 57.9 Å². The van der Waals surface area contributed by atoms with Crippen LogP contribution in [0.5, 0.6) is 0 Å². The van der Waals surface area contributed by atoms with Crippen molar-refractivity contribution < 1.29 is 4.74 Å². The van der Waals surface area contributed by atoms with Gasteiger partial charge in [0.05, 0.1) is 6.10 Å². The molecule has 0 radical (unpaired) electrons. The third-order valence-electron chi connectivity index (χ3n) is 3.66. The molecule has 0 aromatic heterocycles. The Morgan fingerprint density at radius 3 is 2.71 bits per heavy atom. The van der Waals surface area contributed by atoms with Crippen molar-refractivity contribution in [2.45, 2.75) is 78.4 Å². The highest BCUT2D eigenvalue weighted by molar-refractivity contribution is 4.83. The fourth-order valence-corrected chi connectivity index (χ4v) is 2.72. The summed E-state index contributed by atoms with van der Waals surface area (Å²) in [6.45, 7) is 11.1. The lowest BCUT2D eigenvalue weighted by Gasteiger charge is -2.35. The lowest BCUT2D eigenvalue weighted by Crippen LogP contribution is -2.37. The van der Waals surface area contributed by atoms with Crippen LogP contribution in [0, 0.1) is 5.41 Å². The van der Waals surface area contributed by atoms with E-state index in [4.69, 9.17) is 4.74 Å². The zero-order valence-corrected chi connectivity index (χ0v) is 12.2. The molecule has 1 atom stereocenters. The molecule has 1 rings (SSSR count). The van der Waals surface area contributed by atoms with E-state index in [1.54, 1.807) is 0 Å².